The largest absolute Gasteiger partial charge is 0.393 e. The molecule has 3 nitrogen and oxygen atoms in total. The molecule has 23 heavy (non-hydrogen) atoms. The van der Waals surface area contributed by atoms with Gasteiger partial charge in [-0.25, -0.2) is 0 Å². The molecule has 1 saturated heterocycles. The Morgan fingerprint density at radius 3 is 2.65 bits per heavy atom. The topological polar surface area (TPSA) is 49.3 Å². The lowest BCUT2D eigenvalue weighted by Gasteiger charge is -2.61. The first-order valence-electron chi connectivity index (χ1n) is 9.31. The number of nitrogens with one attached hydrogen (secondary N) is 1. The summed E-state index contributed by atoms with van der Waals surface area (Å²) in [6.07, 6.45) is 7.37. The maximum Gasteiger partial charge on any atom is 0.220 e. The Bertz CT molecular complexity index is 492. The predicted molar refractivity (Wildman–Crippen MR) is 92.8 cm³/mol. The molecule has 4 aliphatic rings. The van der Waals surface area contributed by atoms with Crippen molar-refractivity contribution >= 4 is 5.91 Å². The number of piperidine rings is 1. The number of hydrogen-bond donors (Lipinski definition) is 2. The Kier molecular flexibility index (Phi) is 4.11. The number of aliphatic hydroxyl groups is 1. The van der Waals surface area contributed by atoms with E-state index in [-0.39, 0.29) is 24.9 Å². The van der Waals surface area contributed by atoms with Crippen molar-refractivity contribution in [2.45, 2.75) is 85.3 Å². The van der Waals surface area contributed by atoms with Crippen LogP contribution in [0.1, 0.15) is 73.1 Å². The highest BCUT2D eigenvalue weighted by atomic mass is 16.3. The molecule has 0 aromatic carbocycles. The molecule has 4 rings (SSSR count). The summed E-state index contributed by atoms with van der Waals surface area (Å²) in [6.45, 7) is 7.26. The summed E-state index contributed by atoms with van der Waals surface area (Å²) in [5.41, 5.74) is 0.635. The molecule has 8 atom stereocenters. The van der Waals surface area contributed by atoms with Gasteiger partial charge in [0, 0.05) is 12.5 Å². The molecule has 3 saturated carbocycles. The lowest BCUT2D eigenvalue weighted by molar-refractivity contribution is -0.141. The molecule has 3 heteroatoms. The third-order valence-corrected chi connectivity index (χ3v) is 8.21. The number of carbonyl (C=O) groups is 1. The summed E-state index contributed by atoms with van der Waals surface area (Å²) < 4.78 is 0. The van der Waals surface area contributed by atoms with Crippen LogP contribution in [-0.2, 0) is 4.79 Å². The molecule has 132 valence electrons. The number of aliphatic hydroxyl groups excluding tert-OH is 1. The molecule has 1 amide bonds. The second-order valence-corrected chi connectivity index (χ2v) is 9.42. The van der Waals surface area contributed by atoms with Gasteiger partial charge < -0.3 is 10.4 Å². The highest BCUT2D eigenvalue weighted by Crippen LogP contribution is 2.65. The first-order valence-corrected chi connectivity index (χ1v) is 9.31. The quantitative estimate of drug-likeness (QED) is 0.714. The Morgan fingerprint density at radius 1 is 1.17 bits per heavy atom. The monoisotopic (exact) mass is 321 g/mol. The zero-order valence-corrected chi connectivity index (χ0v) is 14.3. The second-order valence-electron chi connectivity index (χ2n) is 9.42. The second kappa shape index (κ2) is 5.47. The number of fused-ring (bicyclic) bond motifs is 5. The van der Waals surface area contributed by atoms with E-state index in [9.17, 15) is 9.90 Å². The SMILES string of the molecule is C.C[C@H]1CC2NC(=O)CC[C@]2(C)C2CC[C@]3(C)C[C@@H](O)CC3C21. The molecule has 0 spiro atoms. The minimum atomic E-state index is -0.0856. The van der Waals surface area contributed by atoms with Gasteiger partial charge in [-0.3, -0.25) is 4.79 Å². The molecular formula is C20H35NO2. The van der Waals surface area contributed by atoms with E-state index in [1.54, 1.807) is 0 Å². The van der Waals surface area contributed by atoms with Gasteiger partial charge in [0.05, 0.1) is 6.10 Å². The highest BCUT2D eigenvalue weighted by molar-refractivity contribution is 5.77. The van der Waals surface area contributed by atoms with Crippen LogP contribution in [0.25, 0.3) is 0 Å². The van der Waals surface area contributed by atoms with Crippen molar-refractivity contribution in [2.24, 2.45) is 34.5 Å². The maximum absolute atomic E-state index is 11.9. The number of rotatable bonds is 0. The minimum Gasteiger partial charge on any atom is -0.393 e. The Hall–Kier alpha value is -0.570. The average molecular weight is 322 g/mol. The Morgan fingerprint density at radius 2 is 1.91 bits per heavy atom. The lowest BCUT2D eigenvalue weighted by Crippen LogP contribution is -2.62. The van der Waals surface area contributed by atoms with Crippen LogP contribution in [0.5, 0.6) is 0 Å². The number of hydrogen-bond acceptors (Lipinski definition) is 2. The van der Waals surface area contributed by atoms with E-state index in [0.717, 1.165) is 37.5 Å². The van der Waals surface area contributed by atoms with Gasteiger partial charge in [-0.15, -0.1) is 0 Å². The van der Waals surface area contributed by atoms with Crippen LogP contribution in [0, 0.1) is 34.5 Å². The van der Waals surface area contributed by atoms with E-state index in [1.165, 1.54) is 12.8 Å². The van der Waals surface area contributed by atoms with Crippen LogP contribution in [0.2, 0.25) is 0 Å². The van der Waals surface area contributed by atoms with Crippen LogP contribution in [0.4, 0.5) is 0 Å². The van der Waals surface area contributed by atoms with E-state index in [0.29, 0.717) is 29.7 Å². The minimum absolute atomic E-state index is 0. The average Bonchev–Trinajstić information content (AvgIpc) is 2.75. The lowest BCUT2D eigenvalue weighted by atomic mass is 9.45. The smallest absolute Gasteiger partial charge is 0.220 e. The van der Waals surface area contributed by atoms with Crippen molar-refractivity contribution in [3.8, 4) is 0 Å². The zero-order valence-electron chi connectivity index (χ0n) is 14.3. The summed E-state index contributed by atoms with van der Waals surface area (Å²) in [5.74, 6) is 3.07. The Balaban J connectivity index is 0.00000156. The van der Waals surface area contributed by atoms with Crippen LogP contribution in [0.3, 0.4) is 0 Å². The summed E-state index contributed by atoms with van der Waals surface area (Å²) >= 11 is 0. The van der Waals surface area contributed by atoms with Crippen LogP contribution >= 0.6 is 0 Å². The van der Waals surface area contributed by atoms with Gasteiger partial charge >= 0.3 is 0 Å². The van der Waals surface area contributed by atoms with Gasteiger partial charge in [0.2, 0.25) is 5.91 Å². The third-order valence-electron chi connectivity index (χ3n) is 8.21. The van der Waals surface area contributed by atoms with Crippen LogP contribution in [0.15, 0.2) is 0 Å². The predicted octanol–water partition coefficient (Wildman–Crippen LogP) is 3.75. The standard InChI is InChI=1S/C19H31NO2.CH4/c1-11-8-15-19(3,7-5-16(22)20-15)13-4-6-18(2)10-12(21)9-14(18)17(11)13;/h11-15,17,21H,4-10H2,1-3H3,(H,20,22);1H4/t11-,12-,13?,14?,15?,17?,18+,19+;/m0./s1. The highest BCUT2D eigenvalue weighted by Gasteiger charge is 2.61. The molecule has 4 fully saturated rings. The molecule has 0 aromatic heterocycles. The molecule has 0 aromatic rings. The molecular weight excluding hydrogens is 286 g/mol. The van der Waals surface area contributed by atoms with Gasteiger partial charge in [0.1, 0.15) is 0 Å². The number of amides is 1. The molecule has 1 aliphatic heterocycles. The summed E-state index contributed by atoms with van der Waals surface area (Å²) in [4.78, 5) is 11.9. The fraction of sp³-hybridized carbons (Fsp3) is 0.950. The van der Waals surface area contributed by atoms with Crippen molar-refractivity contribution in [2.75, 3.05) is 0 Å². The number of carbonyl (C=O) groups excluding carboxylic acids is 1. The zero-order chi connectivity index (χ0) is 15.7. The van der Waals surface area contributed by atoms with Gasteiger partial charge in [-0.2, -0.15) is 0 Å². The van der Waals surface area contributed by atoms with Gasteiger partial charge in [-0.1, -0.05) is 28.2 Å². The van der Waals surface area contributed by atoms with E-state index < -0.39 is 0 Å². The third kappa shape index (κ3) is 2.37. The summed E-state index contributed by atoms with van der Waals surface area (Å²) in [6, 6.07) is 0.376. The van der Waals surface area contributed by atoms with Crippen molar-refractivity contribution in [1.29, 1.82) is 0 Å². The first kappa shape index (κ1) is 17.3. The molecule has 2 N–H and O–H groups in total. The summed E-state index contributed by atoms with van der Waals surface area (Å²) in [5, 5.41) is 13.6. The van der Waals surface area contributed by atoms with E-state index in [1.807, 2.05) is 0 Å². The van der Waals surface area contributed by atoms with Crippen molar-refractivity contribution in [3.63, 3.8) is 0 Å². The fourth-order valence-electron chi connectivity index (χ4n) is 7.07. The van der Waals surface area contributed by atoms with E-state index >= 15 is 0 Å². The van der Waals surface area contributed by atoms with Gasteiger partial charge in [0.15, 0.2) is 0 Å². The Labute approximate surface area is 141 Å². The fourth-order valence-corrected chi connectivity index (χ4v) is 7.07. The molecule has 3 aliphatic carbocycles. The maximum atomic E-state index is 11.9. The molecule has 0 radical (unpaired) electrons. The van der Waals surface area contributed by atoms with Crippen LogP contribution < -0.4 is 5.32 Å². The van der Waals surface area contributed by atoms with Crippen molar-refractivity contribution < 1.29 is 9.90 Å². The van der Waals surface area contributed by atoms with Crippen molar-refractivity contribution in [3.05, 3.63) is 0 Å². The van der Waals surface area contributed by atoms with Gasteiger partial charge in [0.25, 0.3) is 0 Å². The molecule has 1 heterocycles. The van der Waals surface area contributed by atoms with Crippen LogP contribution in [-0.4, -0.2) is 23.2 Å². The van der Waals surface area contributed by atoms with Crippen molar-refractivity contribution in [1.82, 2.24) is 5.32 Å². The summed E-state index contributed by atoms with van der Waals surface area (Å²) in [7, 11) is 0. The van der Waals surface area contributed by atoms with Gasteiger partial charge in [-0.05, 0) is 73.0 Å². The molecule has 4 unspecified atom stereocenters. The van der Waals surface area contributed by atoms with E-state index in [2.05, 4.69) is 26.1 Å². The normalized spacial score (nSPS) is 55.0. The molecule has 0 bridgehead atoms. The first-order chi connectivity index (χ1) is 10.3. The van der Waals surface area contributed by atoms with E-state index in [4.69, 9.17) is 0 Å².